The standard InChI is InChI=1S/C17H29N/c1-11-7-8-16-14(9-11)15-10-12-5-3-4-6-13(12)17(15)18(16)2/h11-17H,3-10H2,1-2H3. The highest BCUT2D eigenvalue weighted by Crippen LogP contribution is 2.57. The molecule has 1 saturated heterocycles. The molecule has 4 aliphatic rings. The largest absolute Gasteiger partial charge is 0.300 e. The second kappa shape index (κ2) is 4.23. The van der Waals surface area contributed by atoms with Crippen LogP contribution in [0.5, 0.6) is 0 Å². The molecule has 18 heavy (non-hydrogen) atoms. The molecule has 0 aromatic rings. The molecule has 1 aliphatic heterocycles. The van der Waals surface area contributed by atoms with Crippen LogP contribution < -0.4 is 0 Å². The van der Waals surface area contributed by atoms with Crippen molar-refractivity contribution in [3.8, 4) is 0 Å². The van der Waals surface area contributed by atoms with Crippen LogP contribution in [-0.2, 0) is 0 Å². The fourth-order valence-corrected chi connectivity index (χ4v) is 6.41. The van der Waals surface area contributed by atoms with Crippen LogP contribution in [0.2, 0.25) is 0 Å². The van der Waals surface area contributed by atoms with Crippen molar-refractivity contribution in [1.82, 2.24) is 4.90 Å². The summed E-state index contributed by atoms with van der Waals surface area (Å²) < 4.78 is 0. The molecule has 3 aliphatic carbocycles. The Hall–Kier alpha value is -0.0400. The molecule has 7 unspecified atom stereocenters. The monoisotopic (exact) mass is 247 g/mol. The van der Waals surface area contributed by atoms with Gasteiger partial charge in [-0.3, -0.25) is 4.90 Å². The second-order valence-electron chi connectivity index (χ2n) is 7.91. The Labute approximate surface area is 112 Å². The number of nitrogens with zero attached hydrogens (tertiary/aromatic N) is 1. The first-order valence-corrected chi connectivity index (χ1v) is 8.47. The summed E-state index contributed by atoms with van der Waals surface area (Å²) in [6.07, 6.45) is 12.2. The molecule has 0 aromatic carbocycles. The van der Waals surface area contributed by atoms with E-state index < -0.39 is 0 Å². The smallest absolute Gasteiger partial charge is 0.0158 e. The highest BCUT2D eigenvalue weighted by molar-refractivity contribution is 5.09. The molecular weight excluding hydrogens is 218 g/mol. The molecule has 1 nitrogen and oxygen atoms in total. The lowest BCUT2D eigenvalue weighted by Gasteiger charge is -2.38. The second-order valence-corrected chi connectivity index (χ2v) is 7.91. The van der Waals surface area contributed by atoms with Gasteiger partial charge in [0.2, 0.25) is 0 Å². The Morgan fingerprint density at radius 1 is 0.833 bits per heavy atom. The van der Waals surface area contributed by atoms with Gasteiger partial charge in [0.15, 0.2) is 0 Å². The average molecular weight is 247 g/mol. The van der Waals surface area contributed by atoms with Crippen molar-refractivity contribution in [2.45, 2.75) is 70.4 Å². The first-order chi connectivity index (χ1) is 8.75. The summed E-state index contributed by atoms with van der Waals surface area (Å²) in [5, 5.41) is 0. The Bertz CT molecular complexity index is 326. The zero-order valence-corrected chi connectivity index (χ0v) is 12.1. The van der Waals surface area contributed by atoms with Crippen LogP contribution in [0.15, 0.2) is 0 Å². The number of rotatable bonds is 0. The average Bonchev–Trinajstić information content (AvgIpc) is 2.87. The molecule has 1 heterocycles. The number of hydrogen-bond donors (Lipinski definition) is 0. The summed E-state index contributed by atoms with van der Waals surface area (Å²) >= 11 is 0. The van der Waals surface area contributed by atoms with Crippen molar-refractivity contribution >= 4 is 0 Å². The van der Waals surface area contributed by atoms with Crippen molar-refractivity contribution < 1.29 is 0 Å². The summed E-state index contributed by atoms with van der Waals surface area (Å²) in [5.74, 6) is 5.33. The van der Waals surface area contributed by atoms with Crippen LogP contribution in [-0.4, -0.2) is 24.0 Å². The maximum Gasteiger partial charge on any atom is 0.0158 e. The van der Waals surface area contributed by atoms with E-state index in [2.05, 4.69) is 18.9 Å². The molecule has 0 aromatic heterocycles. The maximum atomic E-state index is 2.86. The van der Waals surface area contributed by atoms with Crippen LogP contribution >= 0.6 is 0 Å². The minimum Gasteiger partial charge on any atom is -0.300 e. The topological polar surface area (TPSA) is 3.24 Å². The van der Waals surface area contributed by atoms with Gasteiger partial charge < -0.3 is 0 Å². The summed E-state index contributed by atoms with van der Waals surface area (Å²) in [5.41, 5.74) is 0. The van der Waals surface area contributed by atoms with E-state index in [-0.39, 0.29) is 0 Å². The zero-order chi connectivity index (χ0) is 12.3. The lowest BCUT2D eigenvalue weighted by Crippen LogP contribution is -2.40. The Balaban J connectivity index is 1.61. The van der Waals surface area contributed by atoms with Crippen LogP contribution in [0, 0.1) is 29.6 Å². The van der Waals surface area contributed by atoms with Gasteiger partial charge in [0.1, 0.15) is 0 Å². The molecule has 102 valence electrons. The number of likely N-dealkylation sites (tertiary alicyclic amines) is 1. The molecule has 1 heteroatoms. The van der Waals surface area contributed by atoms with E-state index in [9.17, 15) is 0 Å². The molecule has 3 saturated carbocycles. The van der Waals surface area contributed by atoms with E-state index in [1.54, 1.807) is 19.3 Å². The predicted octanol–water partition coefficient (Wildman–Crippen LogP) is 3.93. The van der Waals surface area contributed by atoms with Gasteiger partial charge in [-0.25, -0.2) is 0 Å². The highest BCUT2D eigenvalue weighted by Gasteiger charge is 2.56. The minimum atomic E-state index is 0.957. The zero-order valence-electron chi connectivity index (χ0n) is 12.1. The van der Waals surface area contributed by atoms with E-state index in [0.29, 0.717) is 0 Å². The van der Waals surface area contributed by atoms with Crippen molar-refractivity contribution in [3.63, 3.8) is 0 Å². The van der Waals surface area contributed by atoms with Crippen molar-refractivity contribution in [1.29, 1.82) is 0 Å². The van der Waals surface area contributed by atoms with Crippen LogP contribution in [0.3, 0.4) is 0 Å². The van der Waals surface area contributed by atoms with E-state index in [1.165, 1.54) is 32.1 Å². The Morgan fingerprint density at radius 2 is 1.67 bits per heavy atom. The SMILES string of the molecule is CC1CCC2C(C1)C1CC3CCCCC3C1N2C. The van der Waals surface area contributed by atoms with Gasteiger partial charge in [-0.1, -0.05) is 26.2 Å². The molecule has 7 atom stereocenters. The summed E-state index contributed by atoms with van der Waals surface area (Å²) in [4.78, 5) is 2.86. The van der Waals surface area contributed by atoms with Crippen LogP contribution in [0.25, 0.3) is 0 Å². The Kier molecular flexibility index (Phi) is 2.76. The van der Waals surface area contributed by atoms with Crippen molar-refractivity contribution in [2.24, 2.45) is 29.6 Å². The first kappa shape index (κ1) is 11.8. The van der Waals surface area contributed by atoms with E-state index in [4.69, 9.17) is 0 Å². The third-order valence-corrected chi connectivity index (χ3v) is 7.09. The summed E-state index contributed by atoms with van der Waals surface area (Å²) in [7, 11) is 2.47. The van der Waals surface area contributed by atoms with Gasteiger partial charge in [-0.2, -0.15) is 0 Å². The van der Waals surface area contributed by atoms with Crippen molar-refractivity contribution in [3.05, 3.63) is 0 Å². The first-order valence-electron chi connectivity index (χ1n) is 8.47. The molecule has 0 radical (unpaired) electrons. The molecular formula is C17H29N. The van der Waals surface area contributed by atoms with Gasteiger partial charge in [0, 0.05) is 12.1 Å². The third-order valence-electron chi connectivity index (χ3n) is 7.09. The lowest BCUT2D eigenvalue weighted by atomic mass is 9.74. The predicted molar refractivity (Wildman–Crippen MR) is 75.4 cm³/mol. The van der Waals surface area contributed by atoms with Crippen LogP contribution in [0.4, 0.5) is 0 Å². The highest BCUT2D eigenvalue weighted by atomic mass is 15.2. The molecule has 0 amide bonds. The fourth-order valence-electron chi connectivity index (χ4n) is 6.41. The minimum absolute atomic E-state index is 0.957. The molecule has 0 spiro atoms. The molecule has 0 N–H and O–H groups in total. The van der Waals surface area contributed by atoms with E-state index in [1.807, 2.05) is 0 Å². The van der Waals surface area contributed by atoms with Crippen molar-refractivity contribution in [2.75, 3.05) is 7.05 Å². The normalized spacial score (nSPS) is 56.0. The Morgan fingerprint density at radius 3 is 2.56 bits per heavy atom. The van der Waals surface area contributed by atoms with Gasteiger partial charge in [-0.05, 0) is 68.7 Å². The van der Waals surface area contributed by atoms with Gasteiger partial charge in [-0.15, -0.1) is 0 Å². The number of hydrogen-bond acceptors (Lipinski definition) is 1. The third kappa shape index (κ3) is 1.55. The lowest BCUT2D eigenvalue weighted by molar-refractivity contribution is 0.109. The maximum absolute atomic E-state index is 2.86. The van der Waals surface area contributed by atoms with E-state index >= 15 is 0 Å². The molecule has 4 fully saturated rings. The summed E-state index contributed by atoms with van der Waals surface area (Å²) in [6.45, 7) is 2.49. The quantitative estimate of drug-likeness (QED) is 0.627. The van der Waals surface area contributed by atoms with Gasteiger partial charge >= 0.3 is 0 Å². The van der Waals surface area contributed by atoms with Crippen LogP contribution in [0.1, 0.15) is 58.3 Å². The van der Waals surface area contributed by atoms with Gasteiger partial charge in [0.05, 0.1) is 0 Å². The summed E-state index contributed by atoms with van der Waals surface area (Å²) in [6, 6.07) is 1.94. The van der Waals surface area contributed by atoms with Gasteiger partial charge in [0.25, 0.3) is 0 Å². The molecule has 4 rings (SSSR count). The number of fused-ring (bicyclic) bond motifs is 5. The van der Waals surface area contributed by atoms with E-state index in [0.717, 1.165) is 41.7 Å². The fraction of sp³-hybridized carbons (Fsp3) is 1.00. The molecule has 0 bridgehead atoms.